The van der Waals surface area contributed by atoms with Gasteiger partial charge in [0, 0.05) is 28.5 Å². The molecule has 6 aromatic carbocycles. The minimum atomic E-state index is -0.230. The Labute approximate surface area is 323 Å². The fourth-order valence-corrected chi connectivity index (χ4v) is 8.03. The average molecular weight is 726 g/mol. The second-order valence-corrected chi connectivity index (χ2v) is 18.3. The molecule has 0 atom stereocenters. The van der Waals surface area contributed by atoms with Crippen molar-refractivity contribution in [3.8, 4) is 44.6 Å². The lowest BCUT2D eigenvalue weighted by atomic mass is 9.79. The van der Waals surface area contributed by atoms with Gasteiger partial charge in [0.15, 0.2) is 0 Å². The van der Waals surface area contributed by atoms with E-state index in [1.165, 1.54) is 5.56 Å². The molecule has 5 heteroatoms. The number of hydrogen-bond acceptors (Lipinski definition) is 5. The predicted molar refractivity (Wildman–Crippen MR) is 230 cm³/mol. The van der Waals surface area contributed by atoms with Crippen LogP contribution in [0.5, 0.6) is 5.75 Å². The van der Waals surface area contributed by atoms with E-state index in [0.717, 1.165) is 70.6 Å². The average Bonchev–Trinajstić information content (AvgIpc) is 3.57. The number of phenolic OH excluding ortho intramolecular Hbond substituents is 1. The van der Waals surface area contributed by atoms with E-state index in [1.54, 1.807) is 17.6 Å². The Kier molecular flexibility index (Phi) is 9.32. The second kappa shape index (κ2) is 13.7. The Morgan fingerprint density at radius 2 is 1.26 bits per heavy atom. The van der Waals surface area contributed by atoms with E-state index in [0.29, 0.717) is 11.1 Å². The van der Waals surface area contributed by atoms with Gasteiger partial charge in [0.25, 0.3) is 0 Å². The standard InChI is InChI=1S/C49H47N3OS/c1-47(2,3)33-24-32(45(53)41(26-33)49(7,8)9)29-51-42-17-13-12-16-39(42)46-52-44-40(25-34(48(4,5)6)27-43(44)54-46)38-23-22-35(36-14-10-11-15-37(36)38)31-20-18-30(28-50)19-21-31/h10-27,29,53H,1-9H3. The van der Waals surface area contributed by atoms with Crippen molar-refractivity contribution >= 4 is 44.2 Å². The number of thiazole rings is 1. The molecule has 7 aromatic rings. The van der Waals surface area contributed by atoms with Crippen LogP contribution in [-0.4, -0.2) is 16.3 Å². The maximum Gasteiger partial charge on any atom is 0.128 e. The molecule has 54 heavy (non-hydrogen) atoms. The molecule has 0 unspecified atom stereocenters. The lowest BCUT2D eigenvalue weighted by Crippen LogP contribution is -2.17. The van der Waals surface area contributed by atoms with Crippen LogP contribution in [0.4, 0.5) is 5.69 Å². The molecule has 0 radical (unpaired) electrons. The number of nitriles is 1. The first-order chi connectivity index (χ1) is 25.5. The summed E-state index contributed by atoms with van der Waals surface area (Å²) in [6, 6.07) is 40.0. The molecule has 0 aliphatic rings. The van der Waals surface area contributed by atoms with Crippen molar-refractivity contribution in [3.05, 3.63) is 137 Å². The number of phenols is 1. The number of benzene rings is 6. The van der Waals surface area contributed by atoms with Crippen LogP contribution in [0, 0.1) is 11.3 Å². The Bertz CT molecular complexity index is 2620. The Morgan fingerprint density at radius 3 is 1.91 bits per heavy atom. The molecule has 1 heterocycles. The second-order valence-electron chi connectivity index (χ2n) is 17.3. The first-order valence-corrected chi connectivity index (χ1v) is 19.3. The smallest absolute Gasteiger partial charge is 0.128 e. The zero-order valence-electron chi connectivity index (χ0n) is 32.7. The van der Waals surface area contributed by atoms with Crippen molar-refractivity contribution in [2.45, 2.75) is 78.6 Å². The van der Waals surface area contributed by atoms with E-state index >= 15 is 0 Å². The van der Waals surface area contributed by atoms with Crippen molar-refractivity contribution in [2.75, 3.05) is 0 Å². The number of para-hydroxylation sites is 1. The molecule has 0 aliphatic carbocycles. The van der Waals surface area contributed by atoms with Gasteiger partial charge >= 0.3 is 0 Å². The Hall–Kier alpha value is -5.57. The van der Waals surface area contributed by atoms with Crippen LogP contribution in [0.25, 0.3) is 53.8 Å². The number of aromatic nitrogens is 1. The summed E-state index contributed by atoms with van der Waals surface area (Å²) in [6.45, 7) is 19.7. The number of fused-ring (bicyclic) bond motifs is 2. The highest BCUT2D eigenvalue weighted by molar-refractivity contribution is 7.21. The fraction of sp³-hybridized carbons (Fsp3) is 0.245. The SMILES string of the molecule is CC(C)(C)c1cc(C=Nc2ccccc2-c2nc3c(-c4ccc(-c5ccc(C#N)cc5)c5ccccc45)cc(C(C)(C)C)cc3s2)c(O)c(C(C)(C)C)c1. The van der Waals surface area contributed by atoms with Gasteiger partial charge in [-0.2, -0.15) is 5.26 Å². The molecule has 0 spiro atoms. The number of aromatic hydroxyl groups is 1. The van der Waals surface area contributed by atoms with Gasteiger partial charge in [-0.05, 0) is 97.3 Å². The lowest BCUT2D eigenvalue weighted by Gasteiger charge is -2.27. The van der Waals surface area contributed by atoms with Crippen LogP contribution < -0.4 is 0 Å². The van der Waals surface area contributed by atoms with Crippen LogP contribution in [0.3, 0.4) is 0 Å². The topological polar surface area (TPSA) is 69.3 Å². The number of hydrogen-bond donors (Lipinski definition) is 1. The number of nitrogens with zero attached hydrogens (tertiary/aromatic N) is 3. The molecule has 0 fully saturated rings. The van der Waals surface area contributed by atoms with Gasteiger partial charge < -0.3 is 5.11 Å². The monoisotopic (exact) mass is 725 g/mol. The Morgan fingerprint density at radius 1 is 0.648 bits per heavy atom. The first kappa shape index (κ1) is 36.8. The van der Waals surface area contributed by atoms with Gasteiger partial charge in [-0.3, -0.25) is 4.99 Å². The first-order valence-electron chi connectivity index (χ1n) is 18.5. The summed E-state index contributed by atoms with van der Waals surface area (Å²) in [5.74, 6) is 0.272. The van der Waals surface area contributed by atoms with Crippen LogP contribution in [0.1, 0.15) is 90.1 Å². The molecule has 7 rings (SSSR count). The molecule has 0 saturated heterocycles. The molecule has 0 amide bonds. The molecular weight excluding hydrogens is 679 g/mol. The predicted octanol–water partition coefficient (Wildman–Crippen LogP) is 13.7. The molecule has 1 N–H and O–H groups in total. The van der Waals surface area contributed by atoms with Gasteiger partial charge in [0.2, 0.25) is 0 Å². The number of aliphatic imine (C=N–C) groups is 1. The minimum Gasteiger partial charge on any atom is -0.507 e. The van der Waals surface area contributed by atoms with Crippen LogP contribution >= 0.6 is 11.3 Å². The van der Waals surface area contributed by atoms with Crippen LogP contribution in [0.2, 0.25) is 0 Å². The van der Waals surface area contributed by atoms with Gasteiger partial charge in [-0.25, -0.2) is 4.98 Å². The lowest BCUT2D eigenvalue weighted by molar-refractivity contribution is 0.444. The summed E-state index contributed by atoms with van der Waals surface area (Å²) in [5, 5.41) is 24.0. The largest absolute Gasteiger partial charge is 0.507 e. The summed E-state index contributed by atoms with van der Waals surface area (Å²) in [4.78, 5) is 10.4. The summed E-state index contributed by atoms with van der Waals surface area (Å²) in [6.07, 6.45) is 1.80. The Balaban J connectivity index is 1.38. The highest BCUT2D eigenvalue weighted by Crippen LogP contribution is 2.45. The highest BCUT2D eigenvalue weighted by Gasteiger charge is 2.25. The van der Waals surface area contributed by atoms with E-state index in [4.69, 9.17) is 9.98 Å². The molecule has 270 valence electrons. The van der Waals surface area contributed by atoms with Crippen molar-refractivity contribution in [2.24, 2.45) is 4.99 Å². The molecular formula is C49H47N3OS. The molecule has 4 nitrogen and oxygen atoms in total. The van der Waals surface area contributed by atoms with E-state index in [2.05, 4.69) is 135 Å². The van der Waals surface area contributed by atoms with Gasteiger partial charge in [-0.15, -0.1) is 11.3 Å². The van der Waals surface area contributed by atoms with Crippen molar-refractivity contribution < 1.29 is 5.11 Å². The molecule has 0 bridgehead atoms. The van der Waals surface area contributed by atoms with Crippen molar-refractivity contribution in [1.29, 1.82) is 5.26 Å². The van der Waals surface area contributed by atoms with Crippen molar-refractivity contribution in [3.63, 3.8) is 0 Å². The quantitative estimate of drug-likeness (QED) is 0.180. The maximum absolute atomic E-state index is 11.5. The third-order valence-electron chi connectivity index (χ3n) is 10.2. The summed E-state index contributed by atoms with van der Waals surface area (Å²) in [7, 11) is 0. The van der Waals surface area contributed by atoms with Gasteiger partial charge in [-0.1, -0.05) is 129 Å². The molecule has 0 aliphatic heterocycles. The molecule has 1 aromatic heterocycles. The maximum atomic E-state index is 11.5. The van der Waals surface area contributed by atoms with E-state index < -0.39 is 0 Å². The van der Waals surface area contributed by atoms with Crippen LogP contribution in [-0.2, 0) is 16.2 Å². The van der Waals surface area contributed by atoms with Gasteiger partial charge in [0.05, 0.1) is 27.5 Å². The van der Waals surface area contributed by atoms with Crippen LogP contribution in [0.15, 0.2) is 114 Å². The van der Waals surface area contributed by atoms with E-state index in [1.807, 2.05) is 42.5 Å². The third-order valence-corrected chi connectivity index (χ3v) is 11.2. The van der Waals surface area contributed by atoms with Crippen molar-refractivity contribution in [1.82, 2.24) is 4.98 Å². The van der Waals surface area contributed by atoms with E-state index in [-0.39, 0.29) is 22.0 Å². The van der Waals surface area contributed by atoms with Gasteiger partial charge in [0.1, 0.15) is 10.8 Å². The third kappa shape index (κ3) is 7.07. The minimum absolute atomic E-state index is 0.0803. The highest BCUT2D eigenvalue weighted by atomic mass is 32.1. The summed E-state index contributed by atoms with van der Waals surface area (Å²) < 4.78 is 1.12. The number of rotatable bonds is 5. The summed E-state index contributed by atoms with van der Waals surface area (Å²) >= 11 is 1.69. The summed E-state index contributed by atoms with van der Waals surface area (Å²) in [5.41, 5.74) is 11.4. The van der Waals surface area contributed by atoms with E-state index in [9.17, 15) is 10.4 Å². The fourth-order valence-electron chi connectivity index (χ4n) is 6.96. The normalized spacial score (nSPS) is 12.5. The zero-order chi connectivity index (χ0) is 38.6. The molecule has 0 saturated carbocycles. The zero-order valence-corrected chi connectivity index (χ0v) is 33.5.